The van der Waals surface area contributed by atoms with Crippen molar-refractivity contribution in [1.29, 1.82) is 0 Å². The van der Waals surface area contributed by atoms with Crippen LogP contribution in [0.4, 0.5) is 11.5 Å². The number of benzene rings is 2. The predicted octanol–water partition coefficient (Wildman–Crippen LogP) is 4.39. The molecule has 0 aliphatic heterocycles. The molecule has 0 saturated carbocycles. The molecule has 0 radical (unpaired) electrons. The van der Waals surface area contributed by atoms with Crippen molar-refractivity contribution in [2.24, 2.45) is 0 Å². The summed E-state index contributed by atoms with van der Waals surface area (Å²) in [6, 6.07) is 13.8. The second kappa shape index (κ2) is 5.07. The van der Waals surface area contributed by atoms with Crippen LogP contribution in [0.2, 0.25) is 5.02 Å². The van der Waals surface area contributed by atoms with Crippen LogP contribution in [0.25, 0.3) is 11.3 Å². The monoisotopic (exact) mass is 311 g/mol. The summed E-state index contributed by atoms with van der Waals surface area (Å²) in [6.45, 7) is 0. The first-order valence-electron chi connectivity index (χ1n) is 7.02. The maximum absolute atomic E-state index is 6.08. The van der Waals surface area contributed by atoms with E-state index in [-0.39, 0.29) is 0 Å². The summed E-state index contributed by atoms with van der Waals surface area (Å²) in [5.41, 5.74) is 5.49. The number of hydrogen-bond acceptors (Lipinski definition) is 3. The number of halogens is 1. The van der Waals surface area contributed by atoms with Crippen LogP contribution >= 0.6 is 11.6 Å². The van der Waals surface area contributed by atoms with E-state index in [9.17, 15) is 0 Å². The van der Waals surface area contributed by atoms with E-state index < -0.39 is 0 Å². The Kier molecular flexibility index (Phi) is 3.05. The highest BCUT2D eigenvalue weighted by molar-refractivity contribution is 6.30. The molecule has 4 nitrogen and oxygen atoms in total. The van der Waals surface area contributed by atoms with Crippen LogP contribution in [0.3, 0.4) is 0 Å². The summed E-state index contributed by atoms with van der Waals surface area (Å²) in [5.74, 6) is 1.73. The molecule has 0 atom stereocenters. The summed E-state index contributed by atoms with van der Waals surface area (Å²) in [5, 5.41) is 11.7. The minimum Gasteiger partial charge on any atom is -0.497 e. The largest absolute Gasteiger partial charge is 0.497 e. The number of ether oxygens (including phenoxy) is 1. The molecule has 0 spiro atoms. The highest BCUT2D eigenvalue weighted by atomic mass is 35.5. The van der Waals surface area contributed by atoms with E-state index in [1.54, 1.807) is 7.11 Å². The van der Waals surface area contributed by atoms with Gasteiger partial charge in [0.15, 0.2) is 0 Å². The first-order valence-corrected chi connectivity index (χ1v) is 7.39. The van der Waals surface area contributed by atoms with Crippen LogP contribution in [-0.4, -0.2) is 17.3 Å². The summed E-state index contributed by atoms with van der Waals surface area (Å²) in [7, 11) is 1.66. The molecule has 2 N–H and O–H groups in total. The zero-order valence-corrected chi connectivity index (χ0v) is 12.7. The van der Waals surface area contributed by atoms with Gasteiger partial charge >= 0.3 is 0 Å². The van der Waals surface area contributed by atoms with Crippen molar-refractivity contribution in [1.82, 2.24) is 10.2 Å². The van der Waals surface area contributed by atoms with Gasteiger partial charge in [-0.15, -0.1) is 0 Å². The van der Waals surface area contributed by atoms with E-state index in [0.29, 0.717) is 0 Å². The Bertz CT molecular complexity index is 857. The molecule has 0 bridgehead atoms. The average molecular weight is 312 g/mol. The van der Waals surface area contributed by atoms with Crippen LogP contribution in [0, 0.1) is 0 Å². The molecule has 2 aromatic carbocycles. The van der Waals surface area contributed by atoms with Crippen molar-refractivity contribution < 1.29 is 4.74 Å². The number of rotatable bonds is 3. The zero-order valence-electron chi connectivity index (χ0n) is 12.0. The fourth-order valence-electron chi connectivity index (χ4n) is 2.84. The van der Waals surface area contributed by atoms with Crippen molar-refractivity contribution in [2.75, 3.05) is 12.4 Å². The fourth-order valence-corrected chi connectivity index (χ4v) is 3.03. The van der Waals surface area contributed by atoms with Crippen LogP contribution in [0.1, 0.15) is 11.1 Å². The van der Waals surface area contributed by atoms with Crippen molar-refractivity contribution in [3.05, 3.63) is 58.6 Å². The summed E-state index contributed by atoms with van der Waals surface area (Å²) in [6.07, 6.45) is 0.827. The van der Waals surface area contributed by atoms with Crippen LogP contribution in [-0.2, 0) is 6.42 Å². The number of fused-ring (bicyclic) bond motifs is 3. The van der Waals surface area contributed by atoms with Crippen molar-refractivity contribution in [3.8, 4) is 17.0 Å². The molecule has 1 heterocycles. The first kappa shape index (κ1) is 13.2. The third-order valence-electron chi connectivity index (χ3n) is 3.90. The lowest BCUT2D eigenvalue weighted by molar-refractivity contribution is 0.415. The van der Waals surface area contributed by atoms with Crippen molar-refractivity contribution in [2.45, 2.75) is 6.42 Å². The molecule has 0 unspecified atom stereocenters. The standard InChI is InChI=1S/C17H14ClN3O/c1-22-13-4-2-3-12(9-13)19-17-15-8-10-7-11(18)5-6-14(10)16(15)20-21-17/h2-7,9H,8H2,1H3,(H2,19,20,21). The Morgan fingerprint density at radius 3 is 3.00 bits per heavy atom. The normalized spacial score (nSPS) is 11.9. The Morgan fingerprint density at radius 2 is 2.14 bits per heavy atom. The maximum Gasteiger partial charge on any atom is 0.130 e. The van der Waals surface area contributed by atoms with Gasteiger partial charge in [0.05, 0.1) is 12.8 Å². The van der Waals surface area contributed by atoms with E-state index in [4.69, 9.17) is 16.3 Å². The van der Waals surface area contributed by atoms with Crippen LogP contribution < -0.4 is 10.1 Å². The third-order valence-corrected chi connectivity index (χ3v) is 4.13. The van der Waals surface area contributed by atoms with Crippen molar-refractivity contribution in [3.63, 3.8) is 0 Å². The number of aromatic amines is 1. The Hall–Kier alpha value is -2.46. The molecule has 4 rings (SSSR count). The summed E-state index contributed by atoms with van der Waals surface area (Å²) >= 11 is 6.08. The van der Waals surface area contributed by atoms with E-state index in [2.05, 4.69) is 15.5 Å². The average Bonchev–Trinajstić information content (AvgIpc) is 3.07. The van der Waals surface area contributed by atoms with Gasteiger partial charge < -0.3 is 10.1 Å². The number of anilines is 2. The fraction of sp³-hybridized carbons (Fsp3) is 0.118. The number of methoxy groups -OCH3 is 1. The smallest absolute Gasteiger partial charge is 0.130 e. The molecule has 3 aromatic rings. The molecule has 0 amide bonds. The minimum atomic E-state index is 0.759. The Morgan fingerprint density at radius 1 is 1.23 bits per heavy atom. The van der Waals surface area contributed by atoms with Gasteiger partial charge in [-0.1, -0.05) is 23.7 Å². The van der Waals surface area contributed by atoms with Gasteiger partial charge in [0.25, 0.3) is 0 Å². The lowest BCUT2D eigenvalue weighted by atomic mass is 10.1. The number of nitrogens with zero attached hydrogens (tertiary/aromatic N) is 1. The molecule has 110 valence electrons. The second-order valence-electron chi connectivity index (χ2n) is 5.26. The van der Waals surface area contributed by atoms with Gasteiger partial charge in [-0.05, 0) is 29.8 Å². The van der Waals surface area contributed by atoms with Crippen LogP contribution in [0.5, 0.6) is 5.75 Å². The third kappa shape index (κ3) is 2.12. The second-order valence-corrected chi connectivity index (χ2v) is 5.70. The van der Waals surface area contributed by atoms with Gasteiger partial charge in [0.1, 0.15) is 11.6 Å². The quantitative estimate of drug-likeness (QED) is 0.590. The van der Waals surface area contributed by atoms with Gasteiger partial charge in [0.2, 0.25) is 0 Å². The molecular weight excluding hydrogens is 298 g/mol. The molecule has 1 aliphatic rings. The molecule has 0 fully saturated rings. The molecule has 0 saturated heterocycles. The van der Waals surface area contributed by atoms with E-state index in [1.807, 2.05) is 42.5 Å². The van der Waals surface area contributed by atoms with Gasteiger partial charge in [0, 0.05) is 34.3 Å². The molecule has 1 aliphatic carbocycles. The SMILES string of the molecule is COc1cccc(Nc2[nH]nc3c2Cc2cc(Cl)ccc2-3)c1. The molecule has 1 aromatic heterocycles. The van der Waals surface area contributed by atoms with E-state index in [1.165, 1.54) is 11.1 Å². The van der Waals surface area contributed by atoms with Crippen molar-refractivity contribution >= 4 is 23.1 Å². The predicted molar refractivity (Wildman–Crippen MR) is 88.1 cm³/mol. The van der Waals surface area contributed by atoms with Gasteiger partial charge in [-0.2, -0.15) is 5.10 Å². The van der Waals surface area contributed by atoms with Gasteiger partial charge in [-0.3, -0.25) is 5.10 Å². The highest BCUT2D eigenvalue weighted by Gasteiger charge is 2.24. The number of hydrogen-bond donors (Lipinski definition) is 2. The number of aromatic nitrogens is 2. The van der Waals surface area contributed by atoms with E-state index >= 15 is 0 Å². The summed E-state index contributed by atoms with van der Waals surface area (Å²) in [4.78, 5) is 0. The van der Waals surface area contributed by atoms with E-state index in [0.717, 1.165) is 40.0 Å². The van der Waals surface area contributed by atoms with Gasteiger partial charge in [-0.25, -0.2) is 0 Å². The lowest BCUT2D eigenvalue weighted by Gasteiger charge is -2.07. The zero-order chi connectivity index (χ0) is 15.1. The number of H-pyrrole nitrogens is 1. The van der Waals surface area contributed by atoms with Crippen LogP contribution in [0.15, 0.2) is 42.5 Å². The molecule has 22 heavy (non-hydrogen) atoms. The molecular formula is C17H14ClN3O. The summed E-state index contributed by atoms with van der Waals surface area (Å²) < 4.78 is 5.25. The Balaban J connectivity index is 1.68. The molecule has 5 heteroatoms. The first-order chi connectivity index (χ1) is 10.7. The lowest BCUT2D eigenvalue weighted by Crippen LogP contribution is -1.95. The minimum absolute atomic E-state index is 0.759. The highest BCUT2D eigenvalue weighted by Crippen LogP contribution is 2.40. The topological polar surface area (TPSA) is 49.9 Å². The maximum atomic E-state index is 6.08. The number of nitrogens with one attached hydrogen (secondary N) is 2. The Labute approximate surface area is 133 Å².